The van der Waals surface area contributed by atoms with Crippen molar-refractivity contribution in [2.75, 3.05) is 6.26 Å². The van der Waals surface area contributed by atoms with E-state index in [1.165, 1.54) is 11.8 Å². The van der Waals surface area contributed by atoms with Crippen LogP contribution in [-0.2, 0) is 17.6 Å². The Hall–Kier alpha value is -2.37. The van der Waals surface area contributed by atoms with Gasteiger partial charge in [-0.25, -0.2) is 4.98 Å². The molecular formula is C21H19ClN2O2S. The van der Waals surface area contributed by atoms with E-state index in [1.807, 2.05) is 67.8 Å². The van der Waals surface area contributed by atoms with E-state index in [-0.39, 0.29) is 12.4 Å². The van der Waals surface area contributed by atoms with Crippen LogP contribution >= 0.6 is 23.4 Å². The lowest BCUT2D eigenvalue weighted by atomic mass is 10.0. The number of benzene rings is 2. The van der Waals surface area contributed by atoms with Gasteiger partial charge >= 0.3 is 5.97 Å². The zero-order valence-corrected chi connectivity index (χ0v) is 16.7. The topological polar surface area (TPSA) is 52.1 Å². The minimum atomic E-state index is -0.344. The first kappa shape index (κ1) is 19.4. The van der Waals surface area contributed by atoms with E-state index < -0.39 is 0 Å². The average Bonchev–Trinajstić information content (AvgIpc) is 2.66. The Balaban J connectivity index is 1.86. The Morgan fingerprint density at radius 1 is 1.04 bits per heavy atom. The minimum Gasteiger partial charge on any atom is -0.407 e. The van der Waals surface area contributed by atoms with Crippen molar-refractivity contribution in [2.45, 2.75) is 24.9 Å². The van der Waals surface area contributed by atoms with Crippen molar-refractivity contribution < 1.29 is 9.53 Å². The second kappa shape index (κ2) is 9.02. The molecule has 0 aliphatic carbocycles. The predicted molar refractivity (Wildman–Crippen MR) is 109 cm³/mol. The highest BCUT2D eigenvalue weighted by molar-refractivity contribution is 7.98. The Kier molecular flexibility index (Phi) is 6.48. The molecule has 3 rings (SSSR count). The molecule has 0 unspecified atom stereocenters. The Morgan fingerprint density at radius 2 is 1.74 bits per heavy atom. The highest BCUT2D eigenvalue weighted by Crippen LogP contribution is 2.26. The maximum Gasteiger partial charge on any atom is 0.316 e. The normalized spacial score (nSPS) is 10.6. The summed E-state index contributed by atoms with van der Waals surface area (Å²) in [5.74, 6) is -0.0218. The number of hydrogen-bond acceptors (Lipinski definition) is 5. The fourth-order valence-electron chi connectivity index (χ4n) is 2.64. The van der Waals surface area contributed by atoms with Crippen molar-refractivity contribution >= 4 is 29.3 Å². The van der Waals surface area contributed by atoms with Crippen LogP contribution < -0.4 is 4.74 Å². The molecule has 27 heavy (non-hydrogen) atoms. The molecule has 4 nitrogen and oxygen atoms in total. The van der Waals surface area contributed by atoms with Gasteiger partial charge in [0.25, 0.3) is 0 Å². The van der Waals surface area contributed by atoms with Gasteiger partial charge < -0.3 is 4.74 Å². The molecule has 138 valence electrons. The minimum absolute atomic E-state index is 0.193. The molecule has 0 amide bonds. The van der Waals surface area contributed by atoms with E-state index in [0.29, 0.717) is 22.5 Å². The predicted octanol–water partition coefficient (Wildman–Crippen LogP) is 4.90. The van der Waals surface area contributed by atoms with Gasteiger partial charge in [0.2, 0.25) is 5.88 Å². The largest absolute Gasteiger partial charge is 0.407 e. The van der Waals surface area contributed by atoms with Gasteiger partial charge in [-0.1, -0.05) is 65.8 Å². The summed E-state index contributed by atoms with van der Waals surface area (Å²) in [5, 5.41) is 1.26. The molecule has 2 aromatic carbocycles. The summed E-state index contributed by atoms with van der Waals surface area (Å²) >= 11 is 7.38. The highest BCUT2D eigenvalue weighted by Gasteiger charge is 2.17. The number of ether oxygens (including phenoxy) is 1. The summed E-state index contributed by atoms with van der Waals surface area (Å²) in [6.07, 6.45) is 2.65. The van der Waals surface area contributed by atoms with Gasteiger partial charge in [-0.05, 0) is 36.4 Å². The molecular weight excluding hydrogens is 380 g/mol. The average molecular weight is 399 g/mol. The van der Waals surface area contributed by atoms with Crippen molar-refractivity contribution in [1.82, 2.24) is 9.97 Å². The quantitative estimate of drug-likeness (QED) is 0.336. The van der Waals surface area contributed by atoms with Gasteiger partial charge in [0.1, 0.15) is 0 Å². The number of halogens is 1. The van der Waals surface area contributed by atoms with Crippen LogP contribution in [0.15, 0.2) is 59.8 Å². The number of rotatable bonds is 6. The molecule has 6 heteroatoms. The van der Waals surface area contributed by atoms with Crippen LogP contribution in [0, 0.1) is 6.92 Å². The van der Waals surface area contributed by atoms with Gasteiger partial charge in [0, 0.05) is 22.7 Å². The Morgan fingerprint density at radius 3 is 2.41 bits per heavy atom. The molecule has 0 N–H and O–H groups in total. The number of carbonyl (C=O) groups excluding carboxylic acids is 1. The molecule has 3 aromatic rings. The summed E-state index contributed by atoms with van der Waals surface area (Å²) in [6, 6.07) is 17.1. The SMILES string of the molecule is CSc1nc(C)c(Cc2ccc(Cl)cc2)c(OC(=O)Cc2ccccc2)n1. The van der Waals surface area contributed by atoms with Gasteiger partial charge in [-0.15, -0.1) is 0 Å². The molecule has 0 bridgehead atoms. The van der Waals surface area contributed by atoms with Crippen molar-refractivity contribution in [1.29, 1.82) is 0 Å². The summed E-state index contributed by atoms with van der Waals surface area (Å²) in [6.45, 7) is 1.90. The number of esters is 1. The zero-order valence-electron chi connectivity index (χ0n) is 15.1. The second-order valence-electron chi connectivity index (χ2n) is 6.02. The Labute approximate surface area is 168 Å². The first-order valence-corrected chi connectivity index (χ1v) is 10.1. The second-order valence-corrected chi connectivity index (χ2v) is 7.23. The summed E-state index contributed by atoms with van der Waals surface area (Å²) in [7, 11) is 0. The molecule has 0 saturated carbocycles. The van der Waals surface area contributed by atoms with Crippen molar-refractivity contribution in [2.24, 2.45) is 0 Å². The lowest BCUT2D eigenvalue weighted by molar-refractivity contribution is -0.133. The van der Waals surface area contributed by atoms with Crippen molar-refractivity contribution in [3.05, 3.63) is 82.0 Å². The number of thioether (sulfide) groups is 1. The first-order chi connectivity index (χ1) is 13.0. The maximum absolute atomic E-state index is 12.4. The van der Waals surface area contributed by atoms with Crippen LogP contribution in [0.1, 0.15) is 22.4 Å². The van der Waals surface area contributed by atoms with Gasteiger partial charge in [-0.2, -0.15) is 4.98 Å². The summed E-state index contributed by atoms with van der Waals surface area (Å²) in [5.41, 5.74) is 3.55. The maximum atomic E-state index is 12.4. The van der Waals surface area contributed by atoms with Crippen LogP contribution in [0.3, 0.4) is 0 Å². The van der Waals surface area contributed by atoms with Gasteiger partial charge in [0.05, 0.1) is 6.42 Å². The van der Waals surface area contributed by atoms with E-state index in [4.69, 9.17) is 16.3 Å². The number of aryl methyl sites for hydroxylation is 1. The van der Waals surface area contributed by atoms with E-state index >= 15 is 0 Å². The summed E-state index contributed by atoms with van der Waals surface area (Å²) in [4.78, 5) is 21.4. The fraction of sp³-hybridized carbons (Fsp3) is 0.190. The van der Waals surface area contributed by atoms with Crippen molar-refractivity contribution in [3.8, 4) is 5.88 Å². The van der Waals surface area contributed by atoms with Crippen LogP contribution in [0.2, 0.25) is 5.02 Å². The number of carbonyl (C=O) groups is 1. The van der Waals surface area contributed by atoms with E-state index in [1.54, 1.807) is 0 Å². The van der Waals surface area contributed by atoms with Crippen LogP contribution in [0.25, 0.3) is 0 Å². The van der Waals surface area contributed by atoms with Gasteiger partial charge in [-0.3, -0.25) is 4.79 Å². The smallest absolute Gasteiger partial charge is 0.316 e. The van der Waals surface area contributed by atoms with Gasteiger partial charge in [0.15, 0.2) is 5.16 Å². The third-order valence-corrected chi connectivity index (χ3v) is 4.83. The molecule has 0 fully saturated rings. The van der Waals surface area contributed by atoms with Crippen molar-refractivity contribution in [3.63, 3.8) is 0 Å². The molecule has 0 saturated heterocycles. The highest BCUT2D eigenvalue weighted by atomic mass is 35.5. The standard InChI is InChI=1S/C21H19ClN2O2S/c1-14-18(12-16-8-10-17(22)11-9-16)20(24-21(23-14)27-2)26-19(25)13-15-6-4-3-5-7-15/h3-11H,12-13H2,1-2H3. The third kappa shape index (κ3) is 5.31. The lowest BCUT2D eigenvalue weighted by Gasteiger charge is -2.13. The van der Waals surface area contributed by atoms with E-state index in [0.717, 1.165) is 22.4 Å². The fourth-order valence-corrected chi connectivity index (χ4v) is 3.17. The molecule has 0 aliphatic rings. The molecule has 1 heterocycles. The first-order valence-electron chi connectivity index (χ1n) is 8.45. The van der Waals surface area contributed by atoms with Crippen LogP contribution in [-0.4, -0.2) is 22.2 Å². The van der Waals surface area contributed by atoms with E-state index in [2.05, 4.69) is 9.97 Å². The zero-order chi connectivity index (χ0) is 19.2. The number of nitrogens with zero attached hydrogens (tertiary/aromatic N) is 2. The number of aromatic nitrogens is 2. The number of hydrogen-bond donors (Lipinski definition) is 0. The molecule has 0 radical (unpaired) electrons. The molecule has 0 atom stereocenters. The van der Waals surface area contributed by atoms with Crippen LogP contribution in [0.4, 0.5) is 0 Å². The Bertz CT molecular complexity index is 931. The third-order valence-electron chi connectivity index (χ3n) is 4.03. The summed E-state index contributed by atoms with van der Waals surface area (Å²) < 4.78 is 5.64. The lowest BCUT2D eigenvalue weighted by Crippen LogP contribution is -2.15. The monoisotopic (exact) mass is 398 g/mol. The molecule has 0 spiro atoms. The molecule has 1 aromatic heterocycles. The molecule has 0 aliphatic heterocycles. The van der Waals surface area contributed by atoms with E-state index in [9.17, 15) is 4.79 Å². The van der Waals surface area contributed by atoms with Crippen LogP contribution in [0.5, 0.6) is 5.88 Å².